The van der Waals surface area contributed by atoms with Gasteiger partial charge in [0.2, 0.25) is 6.33 Å². The van der Waals surface area contributed by atoms with E-state index in [4.69, 9.17) is 0 Å². The monoisotopic (exact) mass is 358 g/mol. The first-order valence-electron chi connectivity index (χ1n) is 7.19. The Morgan fingerprint density at radius 1 is 1.00 bits per heavy atom. The molecule has 0 radical (unpaired) electrons. The number of phenols is 1. The largest absolute Gasteiger partial charge is 1.00 e. The predicted molar refractivity (Wildman–Crippen MR) is 82.9 cm³/mol. The standard InChI is InChI=1S/C18H18N2O.BrH/c1-2-20-14-19(12-15-6-4-3-5-7-15)13-18(20)16-8-10-17(21)11-9-16;/h3-11,13-14H,2,12H2,1H3;1H. The van der Waals surface area contributed by atoms with Crippen LogP contribution in [0.3, 0.4) is 0 Å². The van der Waals surface area contributed by atoms with Crippen LogP contribution in [0.4, 0.5) is 0 Å². The molecule has 1 heterocycles. The number of hydrogen-bond acceptors (Lipinski definition) is 1. The van der Waals surface area contributed by atoms with Gasteiger partial charge in [-0.2, -0.15) is 0 Å². The highest BCUT2D eigenvalue weighted by Gasteiger charge is 2.14. The fourth-order valence-corrected chi connectivity index (χ4v) is 2.51. The summed E-state index contributed by atoms with van der Waals surface area (Å²) in [7, 11) is 0. The number of halogens is 1. The lowest BCUT2D eigenvalue weighted by Gasteiger charge is -1.98. The van der Waals surface area contributed by atoms with Crippen LogP contribution >= 0.6 is 0 Å². The average molecular weight is 359 g/mol. The topological polar surface area (TPSA) is 29.0 Å². The van der Waals surface area contributed by atoms with Gasteiger partial charge in [0.15, 0.2) is 5.69 Å². The number of aromatic hydroxyl groups is 1. The summed E-state index contributed by atoms with van der Waals surface area (Å²) >= 11 is 0. The molecule has 0 atom stereocenters. The van der Waals surface area contributed by atoms with Crippen molar-refractivity contribution in [2.45, 2.75) is 20.0 Å². The number of nitrogens with zero attached hydrogens (tertiary/aromatic N) is 2. The lowest BCUT2D eigenvalue weighted by molar-refractivity contribution is -0.687. The second-order valence-electron chi connectivity index (χ2n) is 5.12. The molecule has 3 rings (SSSR count). The number of phenolic OH excluding ortho intramolecular Hbond substituents is 1. The molecule has 0 spiro atoms. The molecule has 0 fully saturated rings. The number of aromatic nitrogens is 2. The Morgan fingerprint density at radius 3 is 2.32 bits per heavy atom. The van der Waals surface area contributed by atoms with Gasteiger partial charge in [0.25, 0.3) is 0 Å². The van der Waals surface area contributed by atoms with E-state index in [1.165, 1.54) is 5.56 Å². The Labute approximate surface area is 141 Å². The zero-order valence-electron chi connectivity index (χ0n) is 12.5. The highest BCUT2D eigenvalue weighted by molar-refractivity contribution is 5.59. The minimum absolute atomic E-state index is 0. The van der Waals surface area contributed by atoms with Crippen LogP contribution in [0.5, 0.6) is 5.75 Å². The van der Waals surface area contributed by atoms with Crippen LogP contribution in [0, 0.1) is 0 Å². The predicted octanol–water partition coefficient (Wildman–Crippen LogP) is 0.220. The van der Waals surface area contributed by atoms with Gasteiger partial charge in [0, 0.05) is 5.56 Å². The van der Waals surface area contributed by atoms with Crippen molar-refractivity contribution in [3.8, 4) is 17.0 Å². The molecule has 0 saturated heterocycles. The Kier molecular flexibility index (Phi) is 5.39. The zero-order chi connectivity index (χ0) is 14.7. The normalized spacial score (nSPS) is 10.2. The van der Waals surface area contributed by atoms with Crippen LogP contribution in [-0.2, 0) is 13.1 Å². The summed E-state index contributed by atoms with van der Waals surface area (Å²) in [6, 6.07) is 17.8. The molecule has 0 aliphatic rings. The molecule has 1 aromatic heterocycles. The summed E-state index contributed by atoms with van der Waals surface area (Å²) in [5.41, 5.74) is 3.56. The van der Waals surface area contributed by atoms with Crippen LogP contribution in [0.25, 0.3) is 11.3 Å². The maximum absolute atomic E-state index is 9.42. The van der Waals surface area contributed by atoms with Gasteiger partial charge >= 0.3 is 0 Å². The third kappa shape index (κ3) is 3.57. The molecular formula is C18H19BrN2O. The van der Waals surface area contributed by atoms with Gasteiger partial charge in [-0.1, -0.05) is 30.3 Å². The fraction of sp³-hybridized carbons (Fsp3) is 0.167. The molecule has 4 heteroatoms. The van der Waals surface area contributed by atoms with Crippen LogP contribution in [0.1, 0.15) is 12.5 Å². The van der Waals surface area contributed by atoms with Crippen molar-refractivity contribution in [2.75, 3.05) is 0 Å². The first kappa shape index (κ1) is 16.3. The Bertz CT molecular complexity index is 721. The molecule has 3 nitrogen and oxygen atoms in total. The summed E-state index contributed by atoms with van der Waals surface area (Å²) in [5.74, 6) is 0.297. The van der Waals surface area contributed by atoms with Crippen molar-refractivity contribution >= 4 is 0 Å². The van der Waals surface area contributed by atoms with Crippen molar-refractivity contribution < 1.29 is 26.7 Å². The molecule has 1 N–H and O–H groups in total. The van der Waals surface area contributed by atoms with E-state index < -0.39 is 0 Å². The number of rotatable bonds is 4. The van der Waals surface area contributed by atoms with Crippen molar-refractivity contribution in [1.82, 2.24) is 4.57 Å². The summed E-state index contributed by atoms with van der Waals surface area (Å²) in [5, 5.41) is 9.42. The Morgan fingerprint density at radius 2 is 1.68 bits per heavy atom. The third-order valence-electron chi connectivity index (χ3n) is 3.60. The van der Waals surface area contributed by atoms with E-state index in [0.29, 0.717) is 5.75 Å². The zero-order valence-corrected chi connectivity index (χ0v) is 14.1. The molecular weight excluding hydrogens is 340 g/mol. The van der Waals surface area contributed by atoms with Gasteiger partial charge in [-0.05, 0) is 36.8 Å². The van der Waals surface area contributed by atoms with Crippen molar-refractivity contribution in [2.24, 2.45) is 0 Å². The number of hydrogen-bond donors (Lipinski definition) is 1. The molecule has 0 bridgehead atoms. The summed E-state index contributed by atoms with van der Waals surface area (Å²) < 4.78 is 4.41. The van der Waals surface area contributed by atoms with Gasteiger partial charge in [-0.3, -0.25) is 0 Å². The summed E-state index contributed by atoms with van der Waals surface area (Å²) in [6.07, 6.45) is 4.29. The molecule has 114 valence electrons. The van der Waals surface area contributed by atoms with Gasteiger partial charge in [-0.15, -0.1) is 0 Å². The molecule has 22 heavy (non-hydrogen) atoms. The molecule has 0 saturated carbocycles. The summed E-state index contributed by atoms with van der Waals surface area (Å²) in [6.45, 7) is 3.91. The second-order valence-corrected chi connectivity index (χ2v) is 5.12. The smallest absolute Gasteiger partial charge is 0.244 e. The van der Waals surface area contributed by atoms with E-state index >= 15 is 0 Å². The lowest BCUT2D eigenvalue weighted by Crippen LogP contribution is -3.00. The number of imidazole rings is 1. The minimum atomic E-state index is 0. The highest BCUT2D eigenvalue weighted by atomic mass is 79.9. The Hall–Kier alpha value is -2.07. The molecule has 3 aromatic rings. The Balaban J connectivity index is 0.00000176. The molecule has 2 aromatic carbocycles. The van der Waals surface area contributed by atoms with Gasteiger partial charge in [0.1, 0.15) is 18.5 Å². The maximum atomic E-state index is 9.42. The van der Waals surface area contributed by atoms with E-state index in [-0.39, 0.29) is 17.0 Å². The van der Waals surface area contributed by atoms with Crippen LogP contribution in [-0.4, -0.2) is 9.67 Å². The lowest BCUT2D eigenvalue weighted by atomic mass is 10.1. The number of aryl methyl sites for hydroxylation is 1. The first-order valence-corrected chi connectivity index (χ1v) is 7.19. The van der Waals surface area contributed by atoms with Gasteiger partial charge in [0.05, 0.1) is 6.54 Å². The molecule has 0 amide bonds. The fourth-order valence-electron chi connectivity index (χ4n) is 2.51. The quantitative estimate of drug-likeness (QED) is 0.664. The summed E-state index contributed by atoms with van der Waals surface area (Å²) in [4.78, 5) is 0. The van der Waals surface area contributed by atoms with Crippen LogP contribution < -0.4 is 21.5 Å². The first-order chi connectivity index (χ1) is 10.3. The maximum Gasteiger partial charge on any atom is 0.244 e. The SMILES string of the molecule is CCn1c[n+](Cc2ccccc2)cc1-c1ccc(O)cc1.[Br-]. The minimum Gasteiger partial charge on any atom is -1.00 e. The van der Waals surface area contributed by atoms with E-state index in [1.54, 1.807) is 12.1 Å². The second kappa shape index (κ2) is 7.27. The number of benzene rings is 2. The van der Waals surface area contributed by atoms with Crippen molar-refractivity contribution in [3.05, 3.63) is 72.7 Å². The molecule has 0 aliphatic heterocycles. The van der Waals surface area contributed by atoms with Crippen molar-refractivity contribution in [1.29, 1.82) is 0 Å². The van der Waals surface area contributed by atoms with Gasteiger partial charge in [-0.25, -0.2) is 9.13 Å². The van der Waals surface area contributed by atoms with E-state index in [9.17, 15) is 5.11 Å². The van der Waals surface area contributed by atoms with Gasteiger partial charge < -0.3 is 22.1 Å². The molecule has 0 aliphatic carbocycles. The highest BCUT2D eigenvalue weighted by Crippen LogP contribution is 2.21. The van der Waals surface area contributed by atoms with E-state index in [2.05, 4.69) is 52.8 Å². The van der Waals surface area contributed by atoms with E-state index in [0.717, 1.165) is 24.3 Å². The molecule has 0 unspecified atom stereocenters. The van der Waals surface area contributed by atoms with Crippen LogP contribution in [0.2, 0.25) is 0 Å². The van der Waals surface area contributed by atoms with Crippen molar-refractivity contribution in [3.63, 3.8) is 0 Å². The third-order valence-corrected chi connectivity index (χ3v) is 3.60. The average Bonchev–Trinajstić information content (AvgIpc) is 2.92. The van der Waals surface area contributed by atoms with Crippen LogP contribution in [0.15, 0.2) is 67.1 Å². The van der Waals surface area contributed by atoms with E-state index in [1.807, 2.05) is 18.2 Å².